The monoisotopic (exact) mass is 517 g/mol. The van der Waals surface area contributed by atoms with Gasteiger partial charge in [-0.2, -0.15) is 0 Å². The minimum absolute atomic E-state index is 0.0896. The smallest absolute Gasteiger partial charge is 0.340 e. The molecule has 3 aromatic carbocycles. The van der Waals surface area contributed by atoms with Crippen molar-refractivity contribution >= 4 is 52.4 Å². The Labute approximate surface area is 218 Å². The Morgan fingerprint density at radius 3 is 2.41 bits per heavy atom. The van der Waals surface area contributed by atoms with Crippen LogP contribution >= 0.6 is 11.6 Å². The molecule has 0 unspecified atom stereocenters. The fourth-order valence-electron chi connectivity index (χ4n) is 3.66. The molecule has 188 valence electrons. The molecule has 0 spiro atoms. The fourth-order valence-corrected chi connectivity index (χ4v) is 3.87. The summed E-state index contributed by atoms with van der Waals surface area (Å²) in [5.74, 6) is -2.24. The third kappa shape index (κ3) is 5.70. The SMILES string of the molecule is CCCCOC(=O)c1ccccc1NC(=O)c1cccc(NC2=C(Cl)C(=O)N(c3ccccc3)C2=O)c1. The summed E-state index contributed by atoms with van der Waals surface area (Å²) < 4.78 is 5.28. The van der Waals surface area contributed by atoms with Gasteiger partial charge < -0.3 is 15.4 Å². The number of nitrogens with one attached hydrogen (secondary N) is 2. The molecule has 0 bridgehead atoms. The maximum Gasteiger partial charge on any atom is 0.340 e. The second kappa shape index (κ2) is 11.5. The maximum atomic E-state index is 13.0. The van der Waals surface area contributed by atoms with E-state index in [0.717, 1.165) is 17.7 Å². The Balaban J connectivity index is 1.50. The van der Waals surface area contributed by atoms with Crippen LogP contribution in [0.15, 0.2) is 89.6 Å². The maximum absolute atomic E-state index is 13.0. The third-order valence-electron chi connectivity index (χ3n) is 5.56. The lowest BCUT2D eigenvalue weighted by Gasteiger charge is -2.15. The van der Waals surface area contributed by atoms with Crippen LogP contribution in [0.3, 0.4) is 0 Å². The van der Waals surface area contributed by atoms with E-state index in [0.29, 0.717) is 23.7 Å². The minimum atomic E-state index is -0.642. The van der Waals surface area contributed by atoms with Gasteiger partial charge in [-0.1, -0.05) is 61.3 Å². The highest BCUT2D eigenvalue weighted by Crippen LogP contribution is 2.30. The minimum Gasteiger partial charge on any atom is -0.462 e. The van der Waals surface area contributed by atoms with Gasteiger partial charge in [-0.3, -0.25) is 14.4 Å². The molecule has 3 amide bonds. The Hall–Kier alpha value is -4.43. The van der Waals surface area contributed by atoms with E-state index in [1.807, 2.05) is 6.92 Å². The summed E-state index contributed by atoms with van der Waals surface area (Å²) in [6, 6.07) is 21.4. The summed E-state index contributed by atoms with van der Waals surface area (Å²) in [7, 11) is 0. The number of carbonyl (C=O) groups is 4. The molecule has 1 aliphatic heterocycles. The molecule has 1 heterocycles. The molecule has 0 saturated carbocycles. The van der Waals surface area contributed by atoms with Crippen molar-refractivity contribution in [3.63, 3.8) is 0 Å². The molecule has 9 heteroatoms. The van der Waals surface area contributed by atoms with Gasteiger partial charge in [0.25, 0.3) is 17.7 Å². The van der Waals surface area contributed by atoms with Crippen molar-refractivity contribution in [2.45, 2.75) is 19.8 Å². The summed E-state index contributed by atoms with van der Waals surface area (Å²) in [6.45, 7) is 2.29. The number of hydrogen-bond donors (Lipinski definition) is 2. The van der Waals surface area contributed by atoms with Crippen LogP contribution in [-0.4, -0.2) is 30.3 Å². The van der Waals surface area contributed by atoms with Gasteiger partial charge in [0.2, 0.25) is 0 Å². The van der Waals surface area contributed by atoms with Crippen molar-refractivity contribution in [3.05, 3.63) is 101 Å². The molecule has 0 atom stereocenters. The molecule has 8 nitrogen and oxygen atoms in total. The Bertz CT molecular complexity index is 1390. The summed E-state index contributed by atoms with van der Waals surface area (Å²) in [4.78, 5) is 52.0. The van der Waals surface area contributed by atoms with E-state index in [1.165, 1.54) is 6.07 Å². The molecule has 0 saturated heterocycles. The number of imide groups is 1. The van der Waals surface area contributed by atoms with Gasteiger partial charge in [0.15, 0.2) is 0 Å². The number of rotatable bonds is 9. The lowest BCUT2D eigenvalue weighted by Crippen LogP contribution is -2.32. The predicted octanol–water partition coefficient (Wildman–Crippen LogP) is 5.33. The van der Waals surface area contributed by atoms with E-state index in [-0.39, 0.29) is 21.9 Å². The zero-order chi connectivity index (χ0) is 26.4. The lowest BCUT2D eigenvalue weighted by molar-refractivity contribution is -0.120. The van der Waals surface area contributed by atoms with E-state index in [4.69, 9.17) is 16.3 Å². The average molecular weight is 518 g/mol. The predicted molar refractivity (Wildman–Crippen MR) is 141 cm³/mol. The molecular weight excluding hydrogens is 494 g/mol. The third-order valence-corrected chi connectivity index (χ3v) is 5.91. The summed E-state index contributed by atoms with van der Waals surface area (Å²) in [5.41, 5.74) is 1.50. The standard InChI is InChI=1S/C28H24ClN3O5/c1-2-3-16-37-28(36)21-14-7-8-15-22(21)31-25(33)18-10-9-11-19(17-18)30-24-23(29)26(34)32(27(24)35)20-12-5-4-6-13-20/h4-15,17,30H,2-3,16H2,1H3,(H,31,33). The van der Waals surface area contributed by atoms with Crippen molar-refractivity contribution in [3.8, 4) is 0 Å². The molecule has 0 aromatic heterocycles. The number of amides is 3. The number of benzene rings is 3. The Morgan fingerprint density at radius 1 is 0.919 bits per heavy atom. The van der Waals surface area contributed by atoms with Crippen LogP contribution in [0.1, 0.15) is 40.5 Å². The van der Waals surface area contributed by atoms with Crippen LogP contribution in [0.4, 0.5) is 17.1 Å². The van der Waals surface area contributed by atoms with Crippen LogP contribution in [0, 0.1) is 0 Å². The highest BCUT2D eigenvalue weighted by atomic mass is 35.5. The second-order valence-corrected chi connectivity index (χ2v) is 8.54. The Kier molecular flexibility index (Phi) is 8.00. The number of carbonyl (C=O) groups excluding carboxylic acids is 4. The van der Waals surface area contributed by atoms with Crippen molar-refractivity contribution in [2.24, 2.45) is 0 Å². The van der Waals surface area contributed by atoms with Crippen LogP contribution in [-0.2, 0) is 14.3 Å². The van der Waals surface area contributed by atoms with Crippen LogP contribution in [0.2, 0.25) is 0 Å². The van der Waals surface area contributed by atoms with Gasteiger partial charge in [-0.05, 0) is 48.9 Å². The largest absolute Gasteiger partial charge is 0.462 e. The fraction of sp³-hybridized carbons (Fsp3) is 0.143. The Morgan fingerprint density at radius 2 is 1.65 bits per heavy atom. The first-order valence-corrected chi connectivity index (χ1v) is 12.1. The van der Waals surface area contributed by atoms with Gasteiger partial charge in [0.05, 0.1) is 23.5 Å². The number of ether oxygens (including phenoxy) is 1. The molecule has 2 N–H and O–H groups in total. The van der Waals surface area contributed by atoms with Crippen molar-refractivity contribution in [2.75, 3.05) is 22.1 Å². The molecule has 0 radical (unpaired) electrons. The van der Waals surface area contributed by atoms with Gasteiger partial charge >= 0.3 is 5.97 Å². The number of para-hydroxylation sites is 2. The van der Waals surface area contributed by atoms with E-state index in [9.17, 15) is 19.2 Å². The van der Waals surface area contributed by atoms with Gasteiger partial charge in [0, 0.05) is 11.3 Å². The second-order valence-electron chi connectivity index (χ2n) is 8.17. The van der Waals surface area contributed by atoms with E-state index in [2.05, 4.69) is 10.6 Å². The number of hydrogen-bond acceptors (Lipinski definition) is 6. The normalized spacial score (nSPS) is 13.1. The first-order chi connectivity index (χ1) is 17.9. The molecule has 0 aliphatic carbocycles. The van der Waals surface area contributed by atoms with E-state index in [1.54, 1.807) is 72.8 Å². The molecule has 4 rings (SSSR count). The van der Waals surface area contributed by atoms with Crippen molar-refractivity contribution in [1.29, 1.82) is 0 Å². The van der Waals surface area contributed by atoms with E-state index < -0.39 is 23.7 Å². The van der Waals surface area contributed by atoms with Gasteiger partial charge in [-0.25, -0.2) is 9.69 Å². The number of anilines is 3. The first kappa shape index (κ1) is 25.7. The number of unbranched alkanes of at least 4 members (excludes halogenated alkanes) is 1. The van der Waals surface area contributed by atoms with Crippen molar-refractivity contribution in [1.82, 2.24) is 0 Å². The lowest BCUT2D eigenvalue weighted by atomic mass is 10.1. The molecule has 0 fully saturated rings. The first-order valence-electron chi connectivity index (χ1n) is 11.7. The van der Waals surface area contributed by atoms with Crippen LogP contribution in [0.25, 0.3) is 0 Å². The molecular formula is C28H24ClN3O5. The molecule has 1 aliphatic rings. The van der Waals surface area contributed by atoms with E-state index >= 15 is 0 Å². The van der Waals surface area contributed by atoms with Crippen molar-refractivity contribution < 1.29 is 23.9 Å². The zero-order valence-electron chi connectivity index (χ0n) is 20.0. The number of esters is 1. The summed E-state index contributed by atoms with van der Waals surface area (Å²) >= 11 is 6.20. The van der Waals surface area contributed by atoms with Crippen LogP contribution in [0.5, 0.6) is 0 Å². The summed E-state index contributed by atoms with van der Waals surface area (Å²) in [6.07, 6.45) is 1.64. The number of halogens is 1. The summed E-state index contributed by atoms with van der Waals surface area (Å²) in [5, 5.41) is 5.36. The highest BCUT2D eigenvalue weighted by Gasteiger charge is 2.38. The van der Waals surface area contributed by atoms with Gasteiger partial charge in [0.1, 0.15) is 10.7 Å². The van der Waals surface area contributed by atoms with Crippen LogP contribution < -0.4 is 15.5 Å². The van der Waals surface area contributed by atoms with Gasteiger partial charge in [-0.15, -0.1) is 0 Å². The zero-order valence-corrected chi connectivity index (χ0v) is 20.7. The number of nitrogens with zero attached hydrogens (tertiary/aromatic N) is 1. The topological polar surface area (TPSA) is 105 Å². The molecule has 3 aromatic rings. The average Bonchev–Trinajstić information content (AvgIpc) is 3.12. The highest BCUT2D eigenvalue weighted by molar-refractivity contribution is 6.53. The quantitative estimate of drug-likeness (QED) is 0.226. The molecule has 37 heavy (non-hydrogen) atoms.